The second kappa shape index (κ2) is 11.3. The fourth-order valence-electron chi connectivity index (χ4n) is 2.87. The zero-order chi connectivity index (χ0) is 22.3. The number of nitrogens with zero attached hydrogens (tertiary/aromatic N) is 1. The normalized spacial score (nSPS) is 15.2. The van der Waals surface area contributed by atoms with Gasteiger partial charge in [-0.15, -0.1) is 11.8 Å². The maximum Gasteiger partial charge on any atom is 0.335 e. The second-order valence-electron chi connectivity index (χ2n) is 6.60. The fraction of sp³-hybridized carbons (Fsp3) is 0.421. The van der Waals surface area contributed by atoms with Crippen molar-refractivity contribution in [3.05, 3.63) is 45.9 Å². The van der Waals surface area contributed by atoms with Crippen LogP contribution in [0, 0.1) is 6.92 Å². The molecule has 0 saturated heterocycles. The Balaban J connectivity index is 0.000000274. The van der Waals surface area contributed by atoms with E-state index in [1.807, 2.05) is 19.2 Å². The van der Waals surface area contributed by atoms with E-state index in [4.69, 9.17) is 32.0 Å². The molecule has 0 bridgehead atoms. The quantitative estimate of drug-likeness (QED) is 0.351. The summed E-state index contributed by atoms with van der Waals surface area (Å²) in [5.74, 6) is -1.69. The van der Waals surface area contributed by atoms with Crippen molar-refractivity contribution < 1.29 is 30.0 Å². The van der Waals surface area contributed by atoms with Gasteiger partial charge in [-0.2, -0.15) is 0 Å². The number of aliphatic hydroxyl groups excluding tert-OH is 2. The van der Waals surface area contributed by atoms with E-state index in [-0.39, 0.29) is 0 Å². The molecule has 0 radical (unpaired) electrons. The molecular weight excluding hydrogens is 434 g/mol. The number of H-pyrrole nitrogens is 1. The summed E-state index contributed by atoms with van der Waals surface area (Å²) >= 11 is 8.19. The molecule has 164 valence electrons. The summed E-state index contributed by atoms with van der Waals surface area (Å²) in [5.41, 5.74) is 4.16. The Morgan fingerprint density at radius 2 is 1.80 bits per heavy atom. The Bertz CT molecular complexity index is 873. The fourth-order valence-corrected chi connectivity index (χ4v) is 4.17. The van der Waals surface area contributed by atoms with E-state index < -0.39 is 24.1 Å². The van der Waals surface area contributed by atoms with Crippen molar-refractivity contribution in [3.8, 4) is 0 Å². The van der Waals surface area contributed by atoms with Gasteiger partial charge >= 0.3 is 11.9 Å². The van der Waals surface area contributed by atoms with Crippen molar-refractivity contribution >= 4 is 35.3 Å². The zero-order valence-electron chi connectivity index (χ0n) is 16.3. The van der Waals surface area contributed by atoms with Gasteiger partial charge in [0.05, 0.1) is 11.2 Å². The second-order valence-corrected chi connectivity index (χ2v) is 8.03. The predicted molar refractivity (Wildman–Crippen MR) is 112 cm³/mol. The molecule has 1 aromatic carbocycles. The summed E-state index contributed by atoms with van der Waals surface area (Å²) in [6.07, 6.45) is -0.493. The van der Waals surface area contributed by atoms with Crippen molar-refractivity contribution in [1.82, 2.24) is 15.3 Å². The molecule has 1 aliphatic heterocycles. The maximum absolute atomic E-state index is 9.77. The molecule has 9 nitrogen and oxygen atoms in total. The molecule has 0 amide bonds. The lowest BCUT2D eigenvalue weighted by atomic mass is 9.98. The lowest BCUT2D eigenvalue weighted by Crippen LogP contribution is -2.39. The molecule has 1 aliphatic rings. The van der Waals surface area contributed by atoms with E-state index in [0.717, 1.165) is 47.6 Å². The number of imidazole rings is 1. The van der Waals surface area contributed by atoms with E-state index in [1.54, 1.807) is 11.8 Å². The van der Waals surface area contributed by atoms with Crippen molar-refractivity contribution in [2.75, 3.05) is 13.1 Å². The third-order valence-electron chi connectivity index (χ3n) is 4.45. The number of halogens is 1. The molecular formula is C19H24ClN3O6S. The summed E-state index contributed by atoms with van der Waals surface area (Å²) in [5, 5.41) is 38.0. The van der Waals surface area contributed by atoms with Crippen LogP contribution in [0.3, 0.4) is 0 Å². The topological polar surface area (TPSA) is 156 Å². The van der Waals surface area contributed by atoms with E-state index in [2.05, 4.69) is 21.4 Å². The number of carboxylic acids is 2. The molecule has 0 fully saturated rings. The standard InChI is InChI=1S/C15H18ClN3S.C4H6O6/c1-10-18-8-15(19-10)20-9-13-12-5-7-17-6-4-11(12)2-3-14(13)16;5-1(3(7)8)2(6)4(9)10/h2-3,8,17H,4-7,9H2,1H3,(H,18,19);1-2,5-6H,(H,7,8)(H,9,10). The number of hydrogen-bond donors (Lipinski definition) is 6. The summed E-state index contributed by atoms with van der Waals surface area (Å²) in [6, 6.07) is 4.22. The summed E-state index contributed by atoms with van der Waals surface area (Å²) in [7, 11) is 0. The molecule has 11 heteroatoms. The number of aryl methyl sites for hydroxylation is 1. The number of fused-ring (bicyclic) bond motifs is 1. The Kier molecular flexibility index (Phi) is 9.12. The number of aromatic amines is 1. The van der Waals surface area contributed by atoms with Crippen LogP contribution in [0.4, 0.5) is 0 Å². The summed E-state index contributed by atoms with van der Waals surface area (Å²) in [6.45, 7) is 4.06. The first-order valence-corrected chi connectivity index (χ1v) is 10.5. The number of nitrogens with one attached hydrogen (secondary N) is 2. The van der Waals surface area contributed by atoms with Gasteiger partial charge in [-0.3, -0.25) is 0 Å². The SMILES string of the molecule is Cc1ncc(SCc2c(Cl)ccc3c2CCNCC3)[nH]1.O=C(O)C(O)C(O)C(=O)O. The number of carboxylic acid groups (broad SMARTS) is 2. The molecule has 1 aromatic heterocycles. The molecule has 30 heavy (non-hydrogen) atoms. The first-order valence-electron chi connectivity index (χ1n) is 9.16. The van der Waals surface area contributed by atoms with Crippen LogP contribution in [-0.4, -0.2) is 67.6 Å². The van der Waals surface area contributed by atoms with E-state index in [0.29, 0.717) is 0 Å². The number of aromatic nitrogens is 2. The van der Waals surface area contributed by atoms with Crippen LogP contribution in [0.1, 0.15) is 22.5 Å². The molecule has 2 aromatic rings. The van der Waals surface area contributed by atoms with Gasteiger partial charge < -0.3 is 30.7 Å². The minimum atomic E-state index is -2.27. The minimum absolute atomic E-state index is 0.884. The number of aliphatic carboxylic acids is 2. The largest absolute Gasteiger partial charge is 0.479 e. The smallest absolute Gasteiger partial charge is 0.335 e. The maximum atomic E-state index is 9.77. The van der Waals surface area contributed by atoms with E-state index in [1.165, 1.54) is 16.7 Å². The first kappa shape index (κ1) is 24.2. The van der Waals surface area contributed by atoms with Crippen molar-refractivity contribution in [3.63, 3.8) is 0 Å². The lowest BCUT2D eigenvalue weighted by Gasteiger charge is -2.13. The average Bonchev–Trinajstić information content (AvgIpc) is 2.97. The molecule has 0 saturated carbocycles. The first-order chi connectivity index (χ1) is 14.2. The van der Waals surface area contributed by atoms with Gasteiger partial charge in [0.15, 0.2) is 12.2 Å². The number of thioether (sulfide) groups is 1. The highest BCUT2D eigenvalue weighted by atomic mass is 35.5. The Hall–Kier alpha value is -2.11. The highest BCUT2D eigenvalue weighted by Crippen LogP contribution is 2.31. The number of aliphatic hydroxyl groups is 2. The van der Waals surface area contributed by atoms with Crippen LogP contribution < -0.4 is 5.32 Å². The van der Waals surface area contributed by atoms with Gasteiger partial charge in [0.2, 0.25) is 0 Å². The molecule has 0 spiro atoms. The van der Waals surface area contributed by atoms with E-state index in [9.17, 15) is 9.59 Å². The van der Waals surface area contributed by atoms with Crippen LogP contribution in [0.5, 0.6) is 0 Å². The minimum Gasteiger partial charge on any atom is -0.479 e. The van der Waals surface area contributed by atoms with Crippen LogP contribution in [-0.2, 0) is 28.2 Å². The lowest BCUT2D eigenvalue weighted by molar-refractivity contribution is -0.165. The molecule has 2 atom stereocenters. The molecule has 6 N–H and O–H groups in total. The van der Waals surface area contributed by atoms with Crippen LogP contribution in [0.15, 0.2) is 23.4 Å². The summed E-state index contributed by atoms with van der Waals surface area (Å²) < 4.78 is 0. The van der Waals surface area contributed by atoms with Crippen molar-refractivity contribution in [1.29, 1.82) is 0 Å². The van der Waals surface area contributed by atoms with Gasteiger partial charge in [-0.25, -0.2) is 14.6 Å². The summed E-state index contributed by atoms with van der Waals surface area (Å²) in [4.78, 5) is 27.0. The number of hydrogen-bond acceptors (Lipinski definition) is 7. The Labute approximate surface area is 182 Å². The molecule has 0 aliphatic carbocycles. The highest BCUT2D eigenvalue weighted by Gasteiger charge is 2.29. The number of benzene rings is 1. The third kappa shape index (κ3) is 6.71. The monoisotopic (exact) mass is 457 g/mol. The molecule has 2 heterocycles. The van der Waals surface area contributed by atoms with Crippen molar-refractivity contribution in [2.45, 2.75) is 42.8 Å². The van der Waals surface area contributed by atoms with Gasteiger partial charge in [0.1, 0.15) is 5.82 Å². The highest BCUT2D eigenvalue weighted by molar-refractivity contribution is 7.98. The Morgan fingerprint density at radius 1 is 1.17 bits per heavy atom. The average molecular weight is 458 g/mol. The number of rotatable bonds is 6. The zero-order valence-corrected chi connectivity index (χ0v) is 17.8. The third-order valence-corrected chi connectivity index (χ3v) is 5.76. The molecule has 2 unspecified atom stereocenters. The Morgan fingerprint density at radius 3 is 2.37 bits per heavy atom. The van der Waals surface area contributed by atoms with Crippen molar-refractivity contribution in [2.24, 2.45) is 0 Å². The number of carbonyl (C=O) groups is 2. The van der Waals surface area contributed by atoms with Gasteiger partial charge in [0.25, 0.3) is 0 Å². The van der Waals surface area contributed by atoms with Crippen LogP contribution >= 0.6 is 23.4 Å². The van der Waals surface area contributed by atoms with E-state index >= 15 is 0 Å². The van der Waals surface area contributed by atoms with Gasteiger partial charge in [-0.05, 0) is 55.6 Å². The van der Waals surface area contributed by atoms with Crippen LogP contribution in [0.2, 0.25) is 5.02 Å². The van der Waals surface area contributed by atoms with Crippen LogP contribution in [0.25, 0.3) is 0 Å². The predicted octanol–water partition coefficient (Wildman–Crippen LogP) is 1.23. The molecule has 3 rings (SSSR count). The van der Waals surface area contributed by atoms with Gasteiger partial charge in [-0.1, -0.05) is 17.7 Å². The van der Waals surface area contributed by atoms with Gasteiger partial charge in [0, 0.05) is 10.8 Å².